The van der Waals surface area contributed by atoms with E-state index in [0.29, 0.717) is 18.4 Å². The maximum absolute atomic E-state index is 11.9. The zero-order valence-corrected chi connectivity index (χ0v) is 12.6. The van der Waals surface area contributed by atoms with Gasteiger partial charge in [-0.1, -0.05) is 0 Å². The van der Waals surface area contributed by atoms with Crippen LogP contribution in [-0.2, 0) is 14.3 Å². The number of esters is 1. The van der Waals surface area contributed by atoms with Crippen LogP contribution in [0.25, 0.3) is 0 Å². The van der Waals surface area contributed by atoms with Gasteiger partial charge in [0, 0.05) is 18.7 Å². The van der Waals surface area contributed by atoms with E-state index < -0.39 is 29.0 Å². The molecule has 2 atom stereocenters. The molecule has 0 radical (unpaired) electrons. The third kappa shape index (κ3) is 3.36. The first-order chi connectivity index (χ1) is 9.87. The highest BCUT2D eigenvalue weighted by Gasteiger charge is 2.42. The van der Waals surface area contributed by atoms with E-state index in [1.807, 2.05) is 0 Å². The summed E-state index contributed by atoms with van der Waals surface area (Å²) < 4.78 is 12.2. The molecule has 1 saturated heterocycles. The summed E-state index contributed by atoms with van der Waals surface area (Å²) in [5.74, 6) is -0.267. The van der Waals surface area contributed by atoms with Gasteiger partial charge in [-0.3, -0.25) is 19.1 Å². The van der Waals surface area contributed by atoms with Crippen LogP contribution in [-0.4, -0.2) is 33.6 Å². The topological polar surface area (TPSA) is 90.4 Å². The van der Waals surface area contributed by atoms with Gasteiger partial charge in [0.1, 0.15) is 18.4 Å². The molecule has 0 bridgehead atoms. The number of alkyl halides is 1. The zero-order chi connectivity index (χ0) is 15.6. The van der Waals surface area contributed by atoms with E-state index in [2.05, 4.69) is 4.98 Å². The molecule has 8 heteroatoms. The Labute approximate surface area is 125 Å². The maximum Gasteiger partial charge on any atom is 0.330 e. The van der Waals surface area contributed by atoms with Crippen LogP contribution in [0.1, 0.15) is 31.6 Å². The maximum atomic E-state index is 11.9. The normalized spacial score (nSPS) is 25.0. The van der Waals surface area contributed by atoms with Crippen LogP contribution in [0, 0.1) is 6.92 Å². The molecule has 0 aliphatic carbocycles. The number of aromatic amines is 1. The van der Waals surface area contributed by atoms with E-state index in [-0.39, 0.29) is 12.5 Å². The molecule has 2 rings (SSSR count). The fraction of sp³-hybridized carbons (Fsp3) is 0.615. The van der Waals surface area contributed by atoms with Crippen LogP contribution in [0.4, 0.5) is 0 Å². The number of aromatic nitrogens is 2. The Morgan fingerprint density at radius 1 is 1.62 bits per heavy atom. The third-order valence-electron chi connectivity index (χ3n) is 3.47. The van der Waals surface area contributed by atoms with Crippen molar-refractivity contribution in [2.75, 3.05) is 12.5 Å². The van der Waals surface area contributed by atoms with Crippen molar-refractivity contribution in [3.8, 4) is 0 Å². The number of nitrogens with one attached hydrogen (secondary N) is 1. The SMILES string of the molecule is CC(=O)OCC1(CCl)CCC(n2cc(C)c(=O)[nH]c2=O)O1. The van der Waals surface area contributed by atoms with Gasteiger partial charge in [-0.15, -0.1) is 11.6 Å². The van der Waals surface area contributed by atoms with Crippen LogP contribution < -0.4 is 11.2 Å². The summed E-state index contributed by atoms with van der Waals surface area (Å²) >= 11 is 5.94. The Balaban J connectivity index is 2.21. The molecule has 1 N–H and O–H groups in total. The summed E-state index contributed by atoms with van der Waals surface area (Å²) in [5, 5.41) is 0. The van der Waals surface area contributed by atoms with Gasteiger partial charge in [-0.2, -0.15) is 0 Å². The smallest absolute Gasteiger partial charge is 0.330 e. The van der Waals surface area contributed by atoms with Gasteiger partial charge >= 0.3 is 11.7 Å². The number of carbonyl (C=O) groups is 1. The number of hydrogen-bond acceptors (Lipinski definition) is 5. The molecule has 21 heavy (non-hydrogen) atoms. The molecule has 1 aromatic rings. The van der Waals surface area contributed by atoms with Crippen molar-refractivity contribution in [1.82, 2.24) is 9.55 Å². The zero-order valence-electron chi connectivity index (χ0n) is 11.8. The van der Waals surface area contributed by atoms with Crippen molar-refractivity contribution in [2.24, 2.45) is 0 Å². The molecule has 2 unspecified atom stereocenters. The Bertz CT molecular complexity index is 653. The average Bonchev–Trinajstić information content (AvgIpc) is 2.85. The van der Waals surface area contributed by atoms with Crippen molar-refractivity contribution in [2.45, 2.75) is 38.5 Å². The molecular formula is C13H17ClN2O5. The van der Waals surface area contributed by atoms with Gasteiger partial charge in [-0.05, 0) is 19.8 Å². The van der Waals surface area contributed by atoms with E-state index >= 15 is 0 Å². The van der Waals surface area contributed by atoms with Gasteiger partial charge in [0.05, 0.1) is 5.88 Å². The quantitative estimate of drug-likeness (QED) is 0.652. The van der Waals surface area contributed by atoms with Crippen LogP contribution >= 0.6 is 11.6 Å². The molecular weight excluding hydrogens is 300 g/mol. The van der Waals surface area contributed by atoms with Gasteiger partial charge in [0.15, 0.2) is 0 Å². The molecule has 7 nitrogen and oxygen atoms in total. The molecule has 0 amide bonds. The second kappa shape index (κ2) is 6.03. The second-order valence-corrected chi connectivity index (χ2v) is 5.45. The van der Waals surface area contributed by atoms with Gasteiger partial charge in [-0.25, -0.2) is 4.79 Å². The van der Waals surface area contributed by atoms with Gasteiger partial charge in [0.2, 0.25) is 0 Å². The molecule has 1 aliphatic rings. The summed E-state index contributed by atoms with van der Waals surface area (Å²) in [7, 11) is 0. The summed E-state index contributed by atoms with van der Waals surface area (Å²) in [6.07, 6.45) is 2.02. The fourth-order valence-electron chi connectivity index (χ4n) is 2.27. The Morgan fingerprint density at radius 3 is 2.95 bits per heavy atom. The first-order valence-electron chi connectivity index (χ1n) is 6.56. The predicted molar refractivity (Wildman–Crippen MR) is 75.5 cm³/mol. The minimum absolute atomic E-state index is 0.0411. The summed E-state index contributed by atoms with van der Waals surface area (Å²) in [4.78, 5) is 36.4. The lowest BCUT2D eigenvalue weighted by molar-refractivity contribution is -0.153. The lowest BCUT2D eigenvalue weighted by Crippen LogP contribution is -2.39. The number of nitrogens with zero attached hydrogens (tertiary/aromatic N) is 1. The van der Waals surface area contributed by atoms with Crippen LogP contribution in [0.15, 0.2) is 15.8 Å². The highest BCUT2D eigenvalue weighted by molar-refractivity contribution is 6.18. The van der Waals surface area contributed by atoms with Gasteiger partial charge < -0.3 is 9.47 Å². The van der Waals surface area contributed by atoms with E-state index in [0.717, 1.165) is 0 Å². The van der Waals surface area contributed by atoms with Crippen molar-refractivity contribution >= 4 is 17.6 Å². The minimum atomic E-state index is -0.804. The Hall–Kier alpha value is -1.60. The third-order valence-corrected chi connectivity index (χ3v) is 3.96. The van der Waals surface area contributed by atoms with Crippen molar-refractivity contribution in [1.29, 1.82) is 0 Å². The summed E-state index contributed by atoms with van der Waals surface area (Å²) in [5.41, 5.74) is -1.34. The molecule has 1 aliphatic heterocycles. The number of rotatable bonds is 4. The van der Waals surface area contributed by atoms with Crippen molar-refractivity contribution in [3.63, 3.8) is 0 Å². The van der Waals surface area contributed by atoms with Gasteiger partial charge in [0.25, 0.3) is 5.56 Å². The Morgan fingerprint density at radius 2 is 2.33 bits per heavy atom. The molecule has 1 fully saturated rings. The number of ether oxygens (including phenoxy) is 2. The average molecular weight is 317 g/mol. The van der Waals surface area contributed by atoms with E-state index in [1.54, 1.807) is 6.92 Å². The lowest BCUT2D eigenvalue weighted by atomic mass is 10.0. The molecule has 0 spiro atoms. The Kier molecular flexibility index (Phi) is 4.53. The number of halogens is 1. The number of H-pyrrole nitrogens is 1. The second-order valence-electron chi connectivity index (χ2n) is 5.19. The largest absolute Gasteiger partial charge is 0.463 e. The monoisotopic (exact) mass is 316 g/mol. The number of carbonyl (C=O) groups excluding carboxylic acids is 1. The van der Waals surface area contributed by atoms with E-state index in [4.69, 9.17) is 21.1 Å². The number of aryl methyl sites for hydroxylation is 1. The summed E-state index contributed by atoms with van der Waals surface area (Å²) in [6.45, 7) is 2.96. The first-order valence-corrected chi connectivity index (χ1v) is 7.09. The molecule has 116 valence electrons. The van der Waals surface area contributed by atoms with Crippen LogP contribution in [0.5, 0.6) is 0 Å². The summed E-state index contributed by atoms with van der Waals surface area (Å²) in [6, 6.07) is 0. The number of hydrogen-bond donors (Lipinski definition) is 1. The lowest BCUT2D eigenvalue weighted by Gasteiger charge is -2.26. The van der Waals surface area contributed by atoms with E-state index in [9.17, 15) is 14.4 Å². The highest BCUT2D eigenvalue weighted by Crippen LogP contribution is 2.37. The standard InChI is InChI=1S/C13H17ClN2O5/c1-8-5-16(12(19)15-11(8)18)10-3-4-13(6-14,21-10)7-20-9(2)17/h5,10H,3-4,6-7H2,1-2H3,(H,15,18,19). The molecule has 0 aromatic carbocycles. The first kappa shape index (κ1) is 15.8. The fourth-order valence-corrected chi connectivity index (χ4v) is 2.54. The van der Waals surface area contributed by atoms with Crippen molar-refractivity contribution < 1.29 is 14.3 Å². The highest BCUT2D eigenvalue weighted by atomic mass is 35.5. The van der Waals surface area contributed by atoms with E-state index in [1.165, 1.54) is 17.7 Å². The minimum Gasteiger partial charge on any atom is -0.463 e. The van der Waals surface area contributed by atoms with Crippen LogP contribution in [0.3, 0.4) is 0 Å². The molecule has 0 saturated carbocycles. The van der Waals surface area contributed by atoms with Crippen molar-refractivity contribution in [3.05, 3.63) is 32.6 Å². The van der Waals surface area contributed by atoms with Crippen LogP contribution in [0.2, 0.25) is 0 Å². The molecule has 1 aromatic heterocycles. The molecule has 2 heterocycles. The predicted octanol–water partition coefficient (Wildman–Crippen LogP) is 0.695.